The van der Waals surface area contributed by atoms with Gasteiger partial charge >= 0.3 is 41.9 Å². The van der Waals surface area contributed by atoms with Gasteiger partial charge in [0.2, 0.25) is 0 Å². The van der Waals surface area contributed by atoms with Gasteiger partial charge in [-0.05, 0) is 24.7 Å². The molecule has 4 unspecified atom stereocenters. The smallest absolute Gasteiger partial charge is 1.00 e. The molecule has 2 fully saturated rings. The summed E-state index contributed by atoms with van der Waals surface area (Å²) < 4.78 is 0. The summed E-state index contributed by atoms with van der Waals surface area (Å²) in [6.45, 7) is 9.23. The molecule has 26 heavy (non-hydrogen) atoms. The second kappa shape index (κ2) is 13.5. The van der Waals surface area contributed by atoms with Crippen LogP contribution in [-0.4, -0.2) is 5.43 Å². The van der Waals surface area contributed by atoms with Gasteiger partial charge in [-0.15, -0.1) is 24.3 Å². The first-order valence-electron chi connectivity index (χ1n) is 9.40. The quantitative estimate of drug-likeness (QED) is 0.340. The van der Waals surface area contributed by atoms with Crippen LogP contribution in [0.4, 0.5) is 0 Å². The molecule has 4 aliphatic rings. The van der Waals surface area contributed by atoms with Crippen LogP contribution < -0.4 is 24.8 Å². The van der Waals surface area contributed by atoms with Crippen molar-refractivity contribution >= 4 is 5.43 Å². The van der Waals surface area contributed by atoms with Crippen molar-refractivity contribution in [1.29, 1.82) is 0 Å². The molecule has 0 nitrogen and oxygen atoms in total. The minimum atomic E-state index is 0. The van der Waals surface area contributed by atoms with E-state index in [1.807, 2.05) is 0 Å². The maximum absolute atomic E-state index is 2.41. The summed E-state index contributed by atoms with van der Waals surface area (Å²) in [4.78, 5) is 0. The van der Waals surface area contributed by atoms with Crippen molar-refractivity contribution in [3.63, 3.8) is 0 Å². The molecule has 0 radical (unpaired) electrons. The van der Waals surface area contributed by atoms with Crippen LogP contribution in [0.5, 0.6) is 0 Å². The molecule has 0 saturated heterocycles. The van der Waals surface area contributed by atoms with Gasteiger partial charge in [-0.2, -0.15) is 0 Å². The summed E-state index contributed by atoms with van der Waals surface area (Å²) in [6, 6.07) is 0. The molecule has 0 N–H and O–H groups in total. The van der Waals surface area contributed by atoms with Crippen LogP contribution in [0, 0.1) is 36.5 Å². The van der Waals surface area contributed by atoms with Gasteiger partial charge in [0.05, 0.1) is 0 Å². The Morgan fingerprint density at radius 3 is 1.50 bits per heavy atom. The topological polar surface area (TPSA) is 0 Å². The fraction of sp³-hybridized carbons (Fsp3) is 0.545. The van der Waals surface area contributed by atoms with Crippen molar-refractivity contribution < 1.29 is 48.1 Å². The van der Waals surface area contributed by atoms with Gasteiger partial charge in [-0.3, -0.25) is 0 Å². The average molecular weight is 487 g/mol. The van der Waals surface area contributed by atoms with E-state index in [1.165, 1.54) is 25.7 Å². The maximum atomic E-state index is 2.41. The van der Waals surface area contributed by atoms with E-state index in [0.29, 0.717) is 0 Å². The van der Waals surface area contributed by atoms with E-state index < -0.39 is 0 Å². The largest absolute Gasteiger partial charge is 1.00 e. The number of halogens is 2. The molecule has 0 aromatic carbocycles. The third-order valence-corrected chi connectivity index (χ3v) is 4.90. The molecule has 4 rings (SSSR count). The van der Waals surface area contributed by atoms with Gasteiger partial charge in [0, 0.05) is 0 Å². The predicted molar refractivity (Wildman–Crippen MR) is 104 cm³/mol. The van der Waals surface area contributed by atoms with Crippen LogP contribution in [-0.2, 0) is 23.3 Å². The van der Waals surface area contributed by atoms with Crippen LogP contribution in [0.25, 0.3) is 0 Å². The Balaban J connectivity index is 0.000000378. The van der Waals surface area contributed by atoms with Crippen LogP contribution in [0.2, 0.25) is 13.1 Å². The molecule has 0 bridgehead atoms. The van der Waals surface area contributed by atoms with Crippen molar-refractivity contribution in [3.8, 4) is 0 Å². The van der Waals surface area contributed by atoms with Crippen LogP contribution in [0.3, 0.4) is 0 Å². The molecule has 4 heteroatoms. The van der Waals surface area contributed by atoms with Crippen LogP contribution in [0.1, 0.15) is 39.5 Å². The summed E-state index contributed by atoms with van der Waals surface area (Å²) >= 11 is 1.74. The number of hydrogen-bond donors (Lipinski definition) is 0. The molecular weight excluding hydrogens is 454 g/mol. The number of fused-ring (bicyclic) bond motifs is 2. The van der Waals surface area contributed by atoms with Gasteiger partial charge in [-0.25, -0.2) is 36.1 Å². The number of allylic oxidation sites excluding steroid dienone is 8. The summed E-state index contributed by atoms with van der Waals surface area (Å²) in [5, 5.41) is 0. The second-order valence-corrected chi connectivity index (χ2v) is 17.2. The van der Waals surface area contributed by atoms with Crippen molar-refractivity contribution in [1.82, 2.24) is 0 Å². The molecule has 0 aliphatic heterocycles. The zero-order valence-electron chi connectivity index (χ0n) is 16.5. The Labute approximate surface area is 189 Å². The average Bonchev–Trinajstić information content (AvgIpc) is 3.07. The molecule has 2 saturated carbocycles. The molecule has 0 amide bonds. The summed E-state index contributed by atoms with van der Waals surface area (Å²) in [5.74, 6) is 3.35. The SMILES string of the molecule is CC1[CH-]C2=CC=CCC2C1.CC1[CH-]C2=CC=CCC2C1.C[Si](C)=[Zr+2].[Cl-].[Cl-]. The molecule has 0 aromatic heterocycles. The molecule has 4 atom stereocenters. The van der Waals surface area contributed by atoms with E-state index in [0.717, 1.165) is 23.7 Å². The summed E-state index contributed by atoms with van der Waals surface area (Å²) in [5.41, 5.74) is 3.37. The fourth-order valence-electron chi connectivity index (χ4n) is 3.93. The normalized spacial score (nSPS) is 29.3. The van der Waals surface area contributed by atoms with Gasteiger partial charge < -0.3 is 24.8 Å². The van der Waals surface area contributed by atoms with Crippen LogP contribution in [0.15, 0.2) is 47.6 Å². The first kappa shape index (κ1) is 26.4. The van der Waals surface area contributed by atoms with Gasteiger partial charge in [0.1, 0.15) is 0 Å². The van der Waals surface area contributed by atoms with E-state index >= 15 is 0 Å². The fourth-order valence-corrected chi connectivity index (χ4v) is 3.93. The van der Waals surface area contributed by atoms with Crippen molar-refractivity contribution in [2.75, 3.05) is 0 Å². The van der Waals surface area contributed by atoms with E-state index in [-0.39, 0.29) is 30.2 Å². The Morgan fingerprint density at radius 2 is 1.19 bits per heavy atom. The molecule has 0 heterocycles. The van der Waals surface area contributed by atoms with E-state index in [9.17, 15) is 0 Å². The first-order chi connectivity index (χ1) is 11.5. The Kier molecular flexibility index (Phi) is 13.7. The van der Waals surface area contributed by atoms with E-state index in [4.69, 9.17) is 0 Å². The second-order valence-electron chi connectivity index (χ2n) is 7.81. The third-order valence-electron chi connectivity index (χ3n) is 4.90. The number of hydrogen-bond acceptors (Lipinski definition) is 0. The third kappa shape index (κ3) is 9.05. The zero-order valence-corrected chi connectivity index (χ0v) is 21.5. The van der Waals surface area contributed by atoms with Gasteiger partial charge in [0.15, 0.2) is 0 Å². The van der Waals surface area contributed by atoms with Crippen molar-refractivity contribution in [3.05, 3.63) is 60.4 Å². The maximum Gasteiger partial charge on any atom is -1.00 e. The van der Waals surface area contributed by atoms with Crippen LogP contribution >= 0.6 is 0 Å². The standard InChI is InChI=1S/2C10H13.C2H6Si.2ClH.Zr/c2*1-8-6-9-4-2-3-5-10(9)7-8;1-3-2;;;/h2*2-4,6,8,10H,5,7H2,1H3;1-2H3;2*1H;/q2*-1;;;;+2/p-2. The number of rotatable bonds is 0. The molecular formula is C22H32Cl2SiZr-2. The summed E-state index contributed by atoms with van der Waals surface area (Å²) in [7, 11) is 0. The molecule has 0 spiro atoms. The molecule has 0 aromatic rings. The van der Waals surface area contributed by atoms with Crippen molar-refractivity contribution in [2.24, 2.45) is 23.7 Å². The first-order valence-corrected chi connectivity index (χ1v) is 15.6. The summed E-state index contributed by atoms with van der Waals surface area (Å²) in [6.07, 6.45) is 23.5. The Morgan fingerprint density at radius 1 is 0.846 bits per heavy atom. The minimum absolute atomic E-state index is 0. The minimum Gasteiger partial charge on any atom is -1.00 e. The zero-order chi connectivity index (χ0) is 17.5. The van der Waals surface area contributed by atoms with Gasteiger partial charge in [0.25, 0.3) is 0 Å². The Hall–Kier alpha value is 0.380. The molecule has 4 aliphatic carbocycles. The van der Waals surface area contributed by atoms with Gasteiger partial charge in [-0.1, -0.05) is 38.5 Å². The van der Waals surface area contributed by atoms with E-state index in [1.54, 1.807) is 34.5 Å². The monoisotopic (exact) mass is 484 g/mol. The Bertz CT molecular complexity index is 514. The molecule has 144 valence electrons. The van der Waals surface area contributed by atoms with Crippen molar-refractivity contribution in [2.45, 2.75) is 52.6 Å². The van der Waals surface area contributed by atoms with E-state index in [2.05, 4.69) is 76.2 Å². The predicted octanol–water partition coefficient (Wildman–Crippen LogP) is 0.258.